The van der Waals surface area contributed by atoms with E-state index in [2.05, 4.69) is 26.8 Å². The number of fused-ring (bicyclic) bond motifs is 1. The molecule has 1 fully saturated rings. The molecule has 1 saturated heterocycles. The van der Waals surface area contributed by atoms with Crippen molar-refractivity contribution in [2.45, 2.75) is 38.9 Å². The monoisotopic (exact) mass is 559 g/mol. The Morgan fingerprint density at radius 2 is 1.79 bits per heavy atom. The maximum atomic E-state index is 13.8. The van der Waals surface area contributed by atoms with Crippen LogP contribution in [-0.4, -0.2) is 61.9 Å². The summed E-state index contributed by atoms with van der Waals surface area (Å²) in [4.78, 5) is 27.3. The van der Waals surface area contributed by atoms with Crippen LogP contribution in [0, 0.1) is 0 Å². The van der Waals surface area contributed by atoms with Crippen molar-refractivity contribution < 1.29 is 13.2 Å². The largest absolute Gasteiger partial charge is 0.435 e. The number of hydrogen-bond acceptors (Lipinski definition) is 6. The van der Waals surface area contributed by atoms with Crippen LogP contribution in [0.4, 0.5) is 19.0 Å². The minimum Gasteiger partial charge on any atom is -0.351 e. The highest BCUT2D eigenvalue weighted by molar-refractivity contribution is 6.33. The third-order valence-electron chi connectivity index (χ3n) is 7.12. The summed E-state index contributed by atoms with van der Waals surface area (Å²) in [6.45, 7) is 8.29. The molecule has 1 atom stereocenters. The standard InChI is InChI=1S/C27H29ClF3N7O/c1-15(2)17-8-6-7-9-20(17)38-25-18(24(33-26(38)39)37-11-10-35(4)14-16(37)3)12-19(28)23(32-25)21-13-22(27(29,30)31)34-36(21)5/h6-9,12-13,15-16H,10-11,14H2,1-5H3. The van der Waals surface area contributed by atoms with Crippen molar-refractivity contribution in [3.8, 4) is 17.1 Å². The number of nitrogens with zero attached hydrogens (tertiary/aromatic N) is 7. The number of para-hydroxylation sites is 1. The summed E-state index contributed by atoms with van der Waals surface area (Å²) in [7, 11) is 3.44. The van der Waals surface area contributed by atoms with E-state index in [-0.39, 0.29) is 34.0 Å². The number of hydrogen-bond donors (Lipinski definition) is 0. The number of benzene rings is 1. The Balaban J connectivity index is 1.84. The lowest BCUT2D eigenvalue weighted by molar-refractivity contribution is -0.141. The molecule has 0 spiro atoms. The maximum Gasteiger partial charge on any atom is 0.435 e. The molecule has 0 amide bonds. The zero-order chi connectivity index (χ0) is 28.2. The number of halogens is 4. The number of aryl methyl sites for hydroxylation is 1. The van der Waals surface area contributed by atoms with Crippen molar-refractivity contribution in [3.63, 3.8) is 0 Å². The third kappa shape index (κ3) is 4.89. The van der Waals surface area contributed by atoms with E-state index in [1.165, 1.54) is 11.6 Å². The Bertz CT molecular complexity index is 1610. The average molecular weight is 560 g/mol. The molecule has 39 heavy (non-hydrogen) atoms. The molecule has 1 unspecified atom stereocenters. The van der Waals surface area contributed by atoms with Crippen LogP contribution in [0.25, 0.3) is 28.1 Å². The van der Waals surface area contributed by atoms with Gasteiger partial charge in [0.25, 0.3) is 0 Å². The van der Waals surface area contributed by atoms with E-state index in [9.17, 15) is 18.0 Å². The van der Waals surface area contributed by atoms with Gasteiger partial charge in [-0.3, -0.25) is 4.68 Å². The predicted octanol–water partition coefficient (Wildman–Crippen LogP) is 5.12. The van der Waals surface area contributed by atoms with Crippen molar-refractivity contribution >= 4 is 28.5 Å². The van der Waals surface area contributed by atoms with Gasteiger partial charge in [-0.25, -0.2) is 14.3 Å². The quantitative estimate of drug-likeness (QED) is 0.346. The number of aromatic nitrogens is 5. The van der Waals surface area contributed by atoms with Crippen LogP contribution >= 0.6 is 11.6 Å². The molecule has 0 bridgehead atoms. The lowest BCUT2D eigenvalue weighted by Crippen LogP contribution is -2.51. The maximum absolute atomic E-state index is 13.8. The smallest absolute Gasteiger partial charge is 0.351 e. The van der Waals surface area contributed by atoms with Crippen LogP contribution in [-0.2, 0) is 13.2 Å². The van der Waals surface area contributed by atoms with Crippen molar-refractivity contribution in [2.75, 3.05) is 31.6 Å². The summed E-state index contributed by atoms with van der Waals surface area (Å²) in [5.41, 5.74) is 0.362. The van der Waals surface area contributed by atoms with Gasteiger partial charge < -0.3 is 9.80 Å². The van der Waals surface area contributed by atoms with Crippen LogP contribution in [0.15, 0.2) is 41.2 Å². The Labute approximate surface area is 228 Å². The highest BCUT2D eigenvalue weighted by atomic mass is 35.5. The molecule has 206 valence electrons. The first-order valence-corrected chi connectivity index (χ1v) is 13.0. The molecule has 3 aromatic heterocycles. The molecular formula is C27H29ClF3N7O. The fourth-order valence-corrected chi connectivity index (χ4v) is 5.43. The first-order valence-electron chi connectivity index (χ1n) is 12.7. The van der Waals surface area contributed by atoms with E-state index in [0.717, 1.165) is 29.4 Å². The second-order valence-corrected chi connectivity index (χ2v) is 10.7. The number of likely N-dealkylation sites (N-methyl/N-ethyl adjacent to an activating group) is 1. The number of rotatable bonds is 4. The van der Waals surface area contributed by atoms with Crippen LogP contribution in [0.5, 0.6) is 0 Å². The van der Waals surface area contributed by atoms with Gasteiger partial charge in [0.1, 0.15) is 11.5 Å². The molecule has 5 rings (SSSR count). The normalized spacial score (nSPS) is 17.0. The second kappa shape index (κ2) is 9.95. The van der Waals surface area contributed by atoms with Crippen molar-refractivity contribution in [2.24, 2.45) is 7.05 Å². The Hall–Kier alpha value is -3.44. The summed E-state index contributed by atoms with van der Waals surface area (Å²) in [5, 5.41) is 4.29. The van der Waals surface area contributed by atoms with E-state index in [4.69, 9.17) is 16.6 Å². The molecule has 1 aliphatic heterocycles. The van der Waals surface area contributed by atoms with Gasteiger partial charge in [0.15, 0.2) is 11.3 Å². The van der Waals surface area contributed by atoms with E-state index >= 15 is 0 Å². The van der Waals surface area contributed by atoms with Crippen LogP contribution in [0.1, 0.15) is 37.9 Å². The van der Waals surface area contributed by atoms with Gasteiger partial charge in [0.05, 0.1) is 21.8 Å². The Morgan fingerprint density at radius 3 is 2.44 bits per heavy atom. The van der Waals surface area contributed by atoms with Crippen LogP contribution < -0.4 is 10.6 Å². The fraction of sp³-hybridized carbons (Fsp3) is 0.407. The van der Waals surface area contributed by atoms with Gasteiger partial charge in [0, 0.05) is 32.7 Å². The van der Waals surface area contributed by atoms with E-state index in [1.807, 2.05) is 45.2 Å². The molecule has 12 heteroatoms. The second-order valence-electron chi connectivity index (χ2n) is 10.3. The Morgan fingerprint density at radius 1 is 1.08 bits per heavy atom. The van der Waals surface area contributed by atoms with E-state index < -0.39 is 17.6 Å². The minimum absolute atomic E-state index is 0.0579. The van der Waals surface area contributed by atoms with Crippen molar-refractivity contribution in [3.05, 3.63) is 63.2 Å². The minimum atomic E-state index is -4.63. The summed E-state index contributed by atoms with van der Waals surface area (Å²) in [6.07, 6.45) is -4.63. The van der Waals surface area contributed by atoms with Gasteiger partial charge in [0.2, 0.25) is 0 Å². The summed E-state index contributed by atoms with van der Waals surface area (Å²) < 4.78 is 42.8. The number of anilines is 1. The molecule has 0 radical (unpaired) electrons. The van der Waals surface area contributed by atoms with Crippen LogP contribution in [0.3, 0.4) is 0 Å². The average Bonchev–Trinajstić information content (AvgIpc) is 3.25. The molecule has 4 heterocycles. The number of pyridine rings is 1. The highest BCUT2D eigenvalue weighted by Gasteiger charge is 2.35. The first-order chi connectivity index (χ1) is 18.4. The van der Waals surface area contributed by atoms with Gasteiger partial charge in [-0.15, -0.1) is 0 Å². The van der Waals surface area contributed by atoms with Gasteiger partial charge in [-0.1, -0.05) is 43.6 Å². The highest BCUT2D eigenvalue weighted by Crippen LogP contribution is 2.37. The predicted molar refractivity (Wildman–Crippen MR) is 146 cm³/mol. The molecule has 4 aromatic rings. The fourth-order valence-electron chi connectivity index (χ4n) is 5.18. The molecule has 1 aromatic carbocycles. The topological polar surface area (TPSA) is 72.1 Å². The SMILES string of the molecule is CC(C)c1ccccc1-n1c(=O)nc(N2CCN(C)CC2C)c2cc(Cl)c(-c3cc(C(F)(F)F)nn3C)nc21. The van der Waals surface area contributed by atoms with Gasteiger partial charge in [-0.2, -0.15) is 23.3 Å². The van der Waals surface area contributed by atoms with E-state index in [1.54, 1.807) is 6.07 Å². The zero-order valence-electron chi connectivity index (χ0n) is 22.3. The summed E-state index contributed by atoms with van der Waals surface area (Å²) in [6, 6.07) is 10.1. The van der Waals surface area contributed by atoms with Gasteiger partial charge in [-0.05, 0) is 43.7 Å². The lowest BCUT2D eigenvalue weighted by atomic mass is 10.0. The molecule has 0 aliphatic carbocycles. The zero-order valence-corrected chi connectivity index (χ0v) is 23.0. The van der Waals surface area contributed by atoms with Crippen molar-refractivity contribution in [1.82, 2.24) is 29.2 Å². The van der Waals surface area contributed by atoms with Crippen molar-refractivity contribution in [1.29, 1.82) is 0 Å². The third-order valence-corrected chi connectivity index (χ3v) is 7.40. The number of piperazine rings is 1. The summed E-state index contributed by atoms with van der Waals surface area (Å²) >= 11 is 6.70. The molecule has 0 saturated carbocycles. The van der Waals surface area contributed by atoms with Gasteiger partial charge >= 0.3 is 11.9 Å². The summed E-state index contributed by atoms with van der Waals surface area (Å²) in [5.74, 6) is 0.537. The molecule has 0 N–H and O–H groups in total. The lowest BCUT2D eigenvalue weighted by Gasteiger charge is -2.39. The Kier molecular flexibility index (Phi) is 6.92. The molecule has 8 nitrogen and oxygen atoms in total. The molecule has 1 aliphatic rings. The molecular weight excluding hydrogens is 531 g/mol. The van der Waals surface area contributed by atoms with Crippen LogP contribution in [0.2, 0.25) is 5.02 Å². The van der Waals surface area contributed by atoms with E-state index in [0.29, 0.717) is 23.4 Å². The number of alkyl halides is 3. The first kappa shape index (κ1) is 27.1.